The molecule has 1 aliphatic carbocycles. The van der Waals surface area contributed by atoms with Crippen LogP contribution in [0.3, 0.4) is 0 Å². The predicted molar refractivity (Wildman–Crippen MR) is 69.4 cm³/mol. The molecule has 20 heavy (non-hydrogen) atoms. The highest BCUT2D eigenvalue weighted by Gasteiger charge is 2.71. The van der Waals surface area contributed by atoms with E-state index in [9.17, 15) is 0 Å². The summed E-state index contributed by atoms with van der Waals surface area (Å²) in [4.78, 5) is 4.45. The zero-order valence-electron chi connectivity index (χ0n) is 12.0. The van der Waals surface area contributed by atoms with Crippen LogP contribution >= 0.6 is 0 Å². The van der Waals surface area contributed by atoms with Gasteiger partial charge >= 0.3 is 0 Å². The van der Waals surface area contributed by atoms with Crippen molar-refractivity contribution in [1.29, 1.82) is 0 Å². The Kier molecular flexibility index (Phi) is 2.68. The van der Waals surface area contributed by atoms with Crippen LogP contribution in [0.5, 0.6) is 0 Å². The molecular formula is C15H22O5. The summed E-state index contributed by atoms with van der Waals surface area (Å²) in [7, 11) is 0. The molecule has 0 unspecified atom stereocenters. The van der Waals surface area contributed by atoms with E-state index in [1.165, 1.54) is 0 Å². The fourth-order valence-corrected chi connectivity index (χ4v) is 4.91. The molecule has 1 saturated carbocycles. The molecule has 0 radical (unpaired) electrons. The third-order valence-electron chi connectivity index (χ3n) is 5.84. The van der Waals surface area contributed by atoms with Gasteiger partial charge in [0.1, 0.15) is 5.60 Å². The fraction of sp³-hybridized carbons (Fsp3) is 0.867. The van der Waals surface area contributed by atoms with E-state index in [0.29, 0.717) is 11.8 Å². The molecule has 0 aromatic rings. The number of rotatable bonds is 1. The summed E-state index contributed by atoms with van der Waals surface area (Å²) in [6, 6.07) is 0. The molecule has 4 aliphatic rings. The molecule has 7 atom stereocenters. The summed E-state index contributed by atoms with van der Waals surface area (Å²) in [5.74, 6) is 0.545. The van der Waals surface area contributed by atoms with Crippen LogP contribution in [0.15, 0.2) is 12.2 Å². The van der Waals surface area contributed by atoms with E-state index in [4.69, 9.17) is 19.5 Å². The number of hydrogen-bond donors (Lipinski definition) is 1. The van der Waals surface area contributed by atoms with Crippen LogP contribution in [0.25, 0.3) is 0 Å². The van der Waals surface area contributed by atoms with Crippen molar-refractivity contribution in [1.82, 2.24) is 0 Å². The van der Waals surface area contributed by atoms with Gasteiger partial charge in [-0.25, -0.2) is 10.1 Å². The number of ether oxygens (including phenoxy) is 3. The van der Waals surface area contributed by atoms with Crippen molar-refractivity contribution < 1.29 is 24.4 Å². The van der Waals surface area contributed by atoms with Gasteiger partial charge < -0.3 is 14.2 Å². The minimum atomic E-state index is -0.809. The topological polar surface area (TPSA) is 57.2 Å². The molecule has 112 valence electrons. The molecule has 4 fully saturated rings. The Hall–Kier alpha value is -0.460. The Balaban J connectivity index is 1.81. The van der Waals surface area contributed by atoms with Crippen LogP contribution in [-0.2, 0) is 19.1 Å². The van der Waals surface area contributed by atoms with Crippen molar-refractivity contribution in [3.05, 3.63) is 12.2 Å². The van der Waals surface area contributed by atoms with E-state index in [1.54, 1.807) is 0 Å². The molecule has 0 amide bonds. The second-order valence-corrected chi connectivity index (χ2v) is 6.94. The molecule has 4 rings (SSSR count). The predicted octanol–water partition coefficient (Wildman–Crippen LogP) is 2.67. The van der Waals surface area contributed by atoms with Gasteiger partial charge in [-0.3, -0.25) is 0 Å². The van der Waals surface area contributed by atoms with Crippen LogP contribution < -0.4 is 0 Å². The molecule has 3 aliphatic heterocycles. The fourth-order valence-electron chi connectivity index (χ4n) is 4.91. The van der Waals surface area contributed by atoms with E-state index in [0.717, 1.165) is 31.3 Å². The van der Waals surface area contributed by atoms with Gasteiger partial charge in [0.25, 0.3) is 0 Å². The maximum Gasteiger partial charge on any atom is 0.215 e. The van der Waals surface area contributed by atoms with Gasteiger partial charge in [0.05, 0.1) is 0 Å². The van der Waals surface area contributed by atoms with Crippen molar-refractivity contribution in [3.63, 3.8) is 0 Å². The third kappa shape index (κ3) is 1.45. The van der Waals surface area contributed by atoms with E-state index in [-0.39, 0.29) is 5.92 Å². The summed E-state index contributed by atoms with van der Waals surface area (Å²) in [5, 5.41) is 9.05. The van der Waals surface area contributed by atoms with Crippen LogP contribution in [-0.4, -0.2) is 29.2 Å². The van der Waals surface area contributed by atoms with Gasteiger partial charge in [-0.2, -0.15) is 0 Å². The summed E-state index contributed by atoms with van der Waals surface area (Å²) >= 11 is 0. The van der Waals surface area contributed by atoms with Gasteiger partial charge in [-0.05, 0) is 43.6 Å². The monoisotopic (exact) mass is 282 g/mol. The highest BCUT2D eigenvalue weighted by molar-refractivity contribution is 5.23. The lowest BCUT2D eigenvalue weighted by atomic mass is 9.58. The van der Waals surface area contributed by atoms with Crippen molar-refractivity contribution in [2.45, 2.75) is 63.5 Å². The minimum absolute atomic E-state index is 0.127. The minimum Gasteiger partial charge on any atom is -0.337 e. The lowest BCUT2D eigenvalue weighted by Gasteiger charge is -2.56. The van der Waals surface area contributed by atoms with Crippen LogP contribution in [0, 0.1) is 17.8 Å². The molecule has 5 heteroatoms. The van der Waals surface area contributed by atoms with E-state index < -0.39 is 24.0 Å². The standard InChI is InChI=1S/C15H22O5/c1-8-4-5-11-9(2)12(19-16)17-13-15(11)10(8)6-7-14(3,18-13)20-15/h8,10-13,16H,2,4-7H2,1,3H3/t8-,10+,11+,12+,13-,14-,15-/m1/s1. The molecule has 0 aromatic carbocycles. The Morgan fingerprint density at radius 3 is 2.90 bits per heavy atom. The highest BCUT2D eigenvalue weighted by atomic mass is 17.1. The second kappa shape index (κ2) is 4.05. The maximum atomic E-state index is 9.05. The average Bonchev–Trinajstić information content (AvgIpc) is 2.63. The first kappa shape index (κ1) is 13.2. The molecule has 5 nitrogen and oxygen atoms in total. The summed E-state index contributed by atoms with van der Waals surface area (Å²) in [5.41, 5.74) is 0.326. The zero-order valence-corrected chi connectivity index (χ0v) is 12.0. The molecule has 3 saturated heterocycles. The smallest absolute Gasteiger partial charge is 0.215 e. The van der Waals surface area contributed by atoms with E-state index >= 15 is 0 Å². The lowest BCUT2D eigenvalue weighted by Crippen LogP contribution is -2.64. The van der Waals surface area contributed by atoms with Crippen molar-refractivity contribution >= 4 is 0 Å². The van der Waals surface area contributed by atoms with Gasteiger partial charge in [0.15, 0.2) is 12.1 Å². The highest BCUT2D eigenvalue weighted by Crippen LogP contribution is 2.63. The molecule has 1 spiro atoms. The van der Waals surface area contributed by atoms with Crippen molar-refractivity contribution in [2.24, 2.45) is 17.8 Å². The average molecular weight is 282 g/mol. The third-order valence-corrected chi connectivity index (χ3v) is 5.84. The maximum absolute atomic E-state index is 9.05. The largest absolute Gasteiger partial charge is 0.337 e. The molecule has 2 bridgehead atoms. The van der Waals surface area contributed by atoms with Gasteiger partial charge in [-0.15, -0.1) is 0 Å². The molecule has 1 N–H and O–H groups in total. The van der Waals surface area contributed by atoms with Gasteiger partial charge in [-0.1, -0.05) is 13.5 Å². The molecular weight excluding hydrogens is 260 g/mol. The number of fused-ring (bicyclic) bond motifs is 1. The quantitative estimate of drug-likeness (QED) is 0.455. The van der Waals surface area contributed by atoms with E-state index in [2.05, 4.69) is 18.4 Å². The summed E-state index contributed by atoms with van der Waals surface area (Å²) < 4.78 is 18.3. The van der Waals surface area contributed by atoms with Gasteiger partial charge in [0.2, 0.25) is 6.29 Å². The first-order valence-electron chi connectivity index (χ1n) is 7.52. The second-order valence-electron chi connectivity index (χ2n) is 6.94. The van der Waals surface area contributed by atoms with Crippen molar-refractivity contribution in [2.75, 3.05) is 0 Å². The first-order valence-corrected chi connectivity index (χ1v) is 7.52. The zero-order chi connectivity index (χ0) is 14.1. The van der Waals surface area contributed by atoms with Crippen molar-refractivity contribution in [3.8, 4) is 0 Å². The normalized spacial score (nSPS) is 57.5. The summed E-state index contributed by atoms with van der Waals surface area (Å²) in [6.07, 6.45) is 2.81. The lowest BCUT2D eigenvalue weighted by molar-refractivity contribution is -0.384. The first-order chi connectivity index (χ1) is 9.50. The van der Waals surface area contributed by atoms with Crippen LogP contribution in [0.2, 0.25) is 0 Å². The SMILES string of the molecule is C=C1[C@H](OO)O[C@@H]2O[C@@]3(C)CC[C@H]4[C@H](C)CC[C@@H]1[C@@]24O3. The summed E-state index contributed by atoms with van der Waals surface area (Å²) in [6.45, 7) is 8.36. The number of hydrogen-bond acceptors (Lipinski definition) is 5. The molecule has 0 aromatic heterocycles. The Bertz CT molecular complexity index is 452. The Labute approximate surface area is 118 Å². The molecule has 3 heterocycles. The van der Waals surface area contributed by atoms with Crippen LogP contribution in [0.1, 0.15) is 39.5 Å². The van der Waals surface area contributed by atoms with Gasteiger partial charge in [0, 0.05) is 12.3 Å². The van der Waals surface area contributed by atoms with E-state index in [1.807, 2.05) is 6.92 Å². The van der Waals surface area contributed by atoms with Crippen LogP contribution in [0.4, 0.5) is 0 Å². The Morgan fingerprint density at radius 1 is 1.35 bits per heavy atom. The Morgan fingerprint density at radius 2 is 2.15 bits per heavy atom.